The van der Waals surface area contributed by atoms with E-state index in [1.807, 2.05) is 30.3 Å². The molecule has 0 saturated carbocycles. The van der Waals surface area contributed by atoms with Crippen LogP contribution in [-0.2, 0) is 9.53 Å². The first-order valence-corrected chi connectivity index (χ1v) is 6.95. The van der Waals surface area contributed by atoms with Crippen LogP contribution in [-0.4, -0.2) is 24.7 Å². The predicted molar refractivity (Wildman–Crippen MR) is 81.8 cm³/mol. The number of nitrogens with one attached hydrogen (secondary N) is 1. The van der Waals surface area contributed by atoms with Crippen LogP contribution in [0.25, 0.3) is 0 Å². The van der Waals surface area contributed by atoms with Gasteiger partial charge in [0.05, 0.1) is 12.1 Å². The number of benzene rings is 1. The zero-order valence-electron chi connectivity index (χ0n) is 11.7. The summed E-state index contributed by atoms with van der Waals surface area (Å²) in [5.41, 5.74) is 6.69. The van der Waals surface area contributed by atoms with Crippen molar-refractivity contribution in [1.82, 2.24) is 5.32 Å². The lowest BCUT2D eigenvalue weighted by atomic mass is 10.0. The van der Waals surface area contributed by atoms with Gasteiger partial charge >= 0.3 is 0 Å². The summed E-state index contributed by atoms with van der Waals surface area (Å²) < 4.78 is 5.62. The summed E-state index contributed by atoms with van der Waals surface area (Å²) in [7, 11) is 0. The van der Waals surface area contributed by atoms with E-state index < -0.39 is 0 Å². The minimum atomic E-state index is -0.341. The van der Waals surface area contributed by atoms with E-state index in [0.717, 1.165) is 24.8 Å². The number of carbonyl (C=O) groups excluding carboxylic acids is 1. The van der Waals surface area contributed by atoms with Gasteiger partial charge in [0.1, 0.15) is 6.10 Å². The smallest absolute Gasteiger partial charge is 0.249 e. The molecule has 1 heterocycles. The standard InChI is InChI=1S/C15H22N2O2.ClH/c1-2-13(11-6-4-3-5-7-11)17-15(18)14-9-8-12(10-16)19-14;/h3-7,12-14H,2,8-10,16H2,1H3,(H,17,18);1H/t12-,13?,14+;/m1./s1. The van der Waals surface area contributed by atoms with Gasteiger partial charge in [-0.2, -0.15) is 0 Å². The van der Waals surface area contributed by atoms with E-state index in [4.69, 9.17) is 10.5 Å². The minimum Gasteiger partial charge on any atom is -0.364 e. The molecule has 4 nitrogen and oxygen atoms in total. The largest absolute Gasteiger partial charge is 0.364 e. The fourth-order valence-corrected chi connectivity index (χ4v) is 2.44. The van der Waals surface area contributed by atoms with Crippen molar-refractivity contribution in [3.8, 4) is 0 Å². The van der Waals surface area contributed by atoms with E-state index in [0.29, 0.717) is 6.54 Å². The zero-order valence-corrected chi connectivity index (χ0v) is 12.6. The molecule has 1 saturated heterocycles. The third-order valence-electron chi connectivity index (χ3n) is 3.59. The van der Waals surface area contributed by atoms with Crippen LogP contribution in [0.1, 0.15) is 37.8 Å². The second-order valence-corrected chi connectivity index (χ2v) is 4.94. The van der Waals surface area contributed by atoms with Gasteiger partial charge in [0.15, 0.2) is 0 Å². The van der Waals surface area contributed by atoms with Gasteiger partial charge in [0, 0.05) is 6.54 Å². The molecular weight excluding hydrogens is 276 g/mol. The summed E-state index contributed by atoms with van der Waals surface area (Å²) in [5.74, 6) is -0.0216. The summed E-state index contributed by atoms with van der Waals surface area (Å²) in [6.07, 6.45) is 2.19. The zero-order chi connectivity index (χ0) is 13.7. The van der Waals surface area contributed by atoms with Gasteiger partial charge in [-0.3, -0.25) is 4.79 Å². The number of rotatable bonds is 5. The van der Waals surface area contributed by atoms with Gasteiger partial charge in [0.25, 0.3) is 0 Å². The summed E-state index contributed by atoms with van der Waals surface area (Å²) >= 11 is 0. The number of hydrogen-bond acceptors (Lipinski definition) is 3. The lowest BCUT2D eigenvalue weighted by Crippen LogP contribution is -2.37. The molecular formula is C15H23ClN2O2. The lowest BCUT2D eigenvalue weighted by molar-refractivity contribution is -0.132. The van der Waals surface area contributed by atoms with Crippen molar-refractivity contribution in [3.63, 3.8) is 0 Å². The maximum Gasteiger partial charge on any atom is 0.249 e. The average Bonchev–Trinajstić information content (AvgIpc) is 2.94. The van der Waals surface area contributed by atoms with Gasteiger partial charge < -0.3 is 15.8 Å². The maximum atomic E-state index is 12.2. The number of amides is 1. The second-order valence-electron chi connectivity index (χ2n) is 4.94. The number of nitrogens with two attached hydrogens (primary N) is 1. The van der Waals surface area contributed by atoms with E-state index in [-0.39, 0.29) is 36.6 Å². The van der Waals surface area contributed by atoms with Crippen molar-refractivity contribution in [2.45, 2.75) is 44.4 Å². The molecule has 112 valence electrons. The molecule has 1 unspecified atom stereocenters. The summed E-state index contributed by atoms with van der Waals surface area (Å²) in [6, 6.07) is 10.1. The van der Waals surface area contributed by atoms with Crippen molar-refractivity contribution in [2.75, 3.05) is 6.54 Å². The first kappa shape index (κ1) is 17.0. The van der Waals surface area contributed by atoms with E-state index in [1.165, 1.54) is 0 Å². The Bertz CT molecular complexity index is 414. The molecule has 20 heavy (non-hydrogen) atoms. The van der Waals surface area contributed by atoms with Gasteiger partial charge in [0.2, 0.25) is 5.91 Å². The topological polar surface area (TPSA) is 64.4 Å². The van der Waals surface area contributed by atoms with Gasteiger partial charge in [-0.05, 0) is 24.8 Å². The first-order valence-electron chi connectivity index (χ1n) is 6.95. The number of hydrogen-bond donors (Lipinski definition) is 2. The number of halogens is 1. The predicted octanol–water partition coefficient (Wildman–Crippen LogP) is 2.18. The second kappa shape index (κ2) is 8.25. The quantitative estimate of drug-likeness (QED) is 0.876. The van der Waals surface area contributed by atoms with Gasteiger partial charge in [-0.15, -0.1) is 12.4 Å². The van der Waals surface area contributed by atoms with E-state index >= 15 is 0 Å². The monoisotopic (exact) mass is 298 g/mol. The summed E-state index contributed by atoms with van der Waals surface area (Å²) in [6.45, 7) is 2.55. The van der Waals surface area contributed by atoms with Gasteiger partial charge in [-0.25, -0.2) is 0 Å². The van der Waals surface area contributed by atoms with E-state index in [2.05, 4.69) is 12.2 Å². The molecule has 1 fully saturated rings. The van der Waals surface area contributed by atoms with Gasteiger partial charge in [-0.1, -0.05) is 37.3 Å². The van der Waals surface area contributed by atoms with Crippen LogP contribution in [0.5, 0.6) is 0 Å². The molecule has 1 amide bonds. The fourth-order valence-electron chi connectivity index (χ4n) is 2.44. The highest BCUT2D eigenvalue weighted by Crippen LogP contribution is 2.21. The molecule has 3 N–H and O–H groups in total. The lowest BCUT2D eigenvalue weighted by Gasteiger charge is -2.20. The molecule has 1 aromatic carbocycles. The van der Waals surface area contributed by atoms with Crippen molar-refractivity contribution >= 4 is 18.3 Å². The molecule has 0 aromatic heterocycles. The molecule has 0 aliphatic carbocycles. The normalized spacial score (nSPS) is 22.9. The van der Waals surface area contributed by atoms with Crippen molar-refractivity contribution in [1.29, 1.82) is 0 Å². The molecule has 2 rings (SSSR count). The molecule has 1 aliphatic rings. The maximum absolute atomic E-state index is 12.2. The van der Waals surface area contributed by atoms with Crippen molar-refractivity contribution in [2.24, 2.45) is 5.73 Å². The Hall–Kier alpha value is -1.10. The number of ether oxygens (including phenoxy) is 1. The van der Waals surface area contributed by atoms with Crippen LogP contribution < -0.4 is 11.1 Å². The Morgan fingerprint density at radius 2 is 2.10 bits per heavy atom. The molecule has 0 spiro atoms. The Morgan fingerprint density at radius 1 is 1.40 bits per heavy atom. The molecule has 5 heteroatoms. The minimum absolute atomic E-state index is 0. The van der Waals surface area contributed by atoms with Crippen LogP contribution in [0.15, 0.2) is 30.3 Å². The Labute approximate surface area is 126 Å². The highest BCUT2D eigenvalue weighted by Gasteiger charge is 2.30. The number of carbonyl (C=O) groups is 1. The SMILES string of the molecule is CCC(NC(=O)[C@@H]1CC[C@H](CN)O1)c1ccccc1.Cl. The Balaban J connectivity index is 0.00000200. The highest BCUT2D eigenvalue weighted by atomic mass is 35.5. The Kier molecular flexibility index (Phi) is 6.99. The molecule has 3 atom stereocenters. The first-order chi connectivity index (χ1) is 9.24. The molecule has 0 radical (unpaired) electrons. The van der Waals surface area contributed by atoms with E-state index in [9.17, 15) is 4.79 Å². The van der Waals surface area contributed by atoms with Crippen molar-refractivity contribution < 1.29 is 9.53 Å². The average molecular weight is 299 g/mol. The molecule has 1 aliphatic heterocycles. The van der Waals surface area contributed by atoms with Crippen LogP contribution in [0.2, 0.25) is 0 Å². The van der Waals surface area contributed by atoms with Crippen LogP contribution in [0, 0.1) is 0 Å². The summed E-state index contributed by atoms with van der Waals surface area (Å²) in [5, 5.41) is 3.06. The van der Waals surface area contributed by atoms with Crippen LogP contribution in [0.4, 0.5) is 0 Å². The molecule has 0 bridgehead atoms. The third kappa shape index (κ3) is 4.20. The Morgan fingerprint density at radius 3 is 2.65 bits per heavy atom. The third-order valence-corrected chi connectivity index (χ3v) is 3.59. The fraction of sp³-hybridized carbons (Fsp3) is 0.533. The van der Waals surface area contributed by atoms with Crippen LogP contribution >= 0.6 is 12.4 Å². The summed E-state index contributed by atoms with van der Waals surface area (Å²) in [4.78, 5) is 12.2. The molecule has 1 aromatic rings. The van der Waals surface area contributed by atoms with Crippen molar-refractivity contribution in [3.05, 3.63) is 35.9 Å². The van der Waals surface area contributed by atoms with E-state index in [1.54, 1.807) is 0 Å². The van der Waals surface area contributed by atoms with Crippen LogP contribution in [0.3, 0.4) is 0 Å². The highest BCUT2D eigenvalue weighted by molar-refractivity contribution is 5.85.